The van der Waals surface area contributed by atoms with E-state index in [1.807, 2.05) is 38.4 Å². The topological polar surface area (TPSA) is 87.1 Å². The number of aliphatic hydroxyl groups excluding tert-OH is 1. The molecular weight excluding hydrogens is 352 g/mol. The number of carbonyl (C=O) groups excluding carboxylic acids is 1. The fourth-order valence-corrected chi connectivity index (χ4v) is 3.33. The molecule has 0 aromatic carbocycles. The number of fused-ring (bicyclic) bond motifs is 1. The van der Waals surface area contributed by atoms with E-state index < -0.39 is 0 Å². The van der Waals surface area contributed by atoms with Gasteiger partial charge in [0.1, 0.15) is 5.82 Å². The van der Waals surface area contributed by atoms with E-state index in [1.54, 1.807) is 6.20 Å². The van der Waals surface area contributed by atoms with Crippen LogP contribution >= 0.6 is 0 Å². The van der Waals surface area contributed by atoms with Crippen LogP contribution in [0, 0.1) is 11.3 Å². The molecular formula is C22H26N4O2. The van der Waals surface area contributed by atoms with Crippen LogP contribution in [-0.4, -0.2) is 33.6 Å². The zero-order chi connectivity index (χ0) is 19.9. The second-order valence-corrected chi connectivity index (χ2v) is 8.45. The highest BCUT2D eigenvalue weighted by Gasteiger charge is 2.30. The average Bonchev–Trinajstić information content (AvgIpc) is 3.53. The molecule has 1 saturated carbocycles. The van der Waals surface area contributed by atoms with Crippen LogP contribution in [0.5, 0.6) is 0 Å². The molecule has 0 bridgehead atoms. The van der Waals surface area contributed by atoms with Crippen molar-refractivity contribution in [2.45, 2.75) is 39.7 Å². The Morgan fingerprint density at radius 3 is 2.64 bits per heavy atom. The Labute approximate surface area is 164 Å². The lowest BCUT2D eigenvalue weighted by Crippen LogP contribution is -2.42. The lowest BCUT2D eigenvalue weighted by Gasteiger charge is -2.34. The summed E-state index contributed by atoms with van der Waals surface area (Å²) in [5.41, 5.74) is 2.77. The number of carbonyl (C=O) groups is 1. The van der Waals surface area contributed by atoms with E-state index in [0.717, 1.165) is 40.5 Å². The minimum atomic E-state index is -0.245. The van der Waals surface area contributed by atoms with Gasteiger partial charge in [-0.3, -0.25) is 9.78 Å². The summed E-state index contributed by atoms with van der Waals surface area (Å²) in [6.45, 7) is 6.24. The molecule has 1 fully saturated rings. The van der Waals surface area contributed by atoms with Gasteiger partial charge in [-0.25, -0.2) is 4.98 Å². The maximum absolute atomic E-state index is 11.9. The summed E-state index contributed by atoms with van der Waals surface area (Å²) in [4.78, 5) is 20.9. The lowest BCUT2D eigenvalue weighted by atomic mass is 9.82. The number of amides is 1. The Morgan fingerprint density at radius 1 is 1.25 bits per heavy atom. The van der Waals surface area contributed by atoms with Crippen molar-refractivity contribution >= 4 is 28.1 Å². The highest BCUT2D eigenvalue weighted by molar-refractivity contribution is 5.95. The maximum atomic E-state index is 11.9. The number of nitrogens with zero attached hydrogens (tertiary/aromatic N) is 2. The SMILES string of the molecule is CC1=CC(C(C)(C)CO)NC=C1c1cc2cnc(NC(=O)C3CC3)cc2cn1. The fraction of sp³-hybridized carbons (Fsp3) is 0.409. The summed E-state index contributed by atoms with van der Waals surface area (Å²) in [7, 11) is 0. The predicted molar refractivity (Wildman–Crippen MR) is 110 cm³/mol. The smallest absolute Gasteiger partial charge is 0.228 e. The van der Waals surface area contributed by atoms with E-state index >= 15 is 0 Å². The molecule has 1 aliphatic heterocycles. The molecule has 28 heavy (non-hydrogen) atoms. The van der Waals surface area contributed by atoms with Crippen LogP contribution in [0.1, 0.15) is 39.3 Å². The van der Waals surface area contributed by atoms with Gasteiger partial charge in [-0.1, -0.05) is 19.9 Å². The van der Waals surface area contributed by atoms with Gasteiger partial charge in [0, 0.05) is 46.3 Å². The number of pyridine rings is 2. The zero-order valence-corrected chi connectivity index (χ0v) is 16.5. The van der Waals surface area contributed by atoms with Gasteiger partial charge >= 0.3 is 0 Å². The molecule has 2 aliphatic rings. The highest BCUT2D eigenvalue weighted by atomic mass is 16.3. The minimum absolute atomic E-state index is 0.0518. The van der Waals surface area contributed by atoms with Crippen molar-refractivity contribution in [3.8, 4) is 0 Å². The second kappa shape index (κ2) is 7.02. The van der Waals surface area contributed by atoms with Gasteiger partial charge in [0.15, 0.2) is 0 Å². The fourth-order valence-electron chi connectivity index (χ4n) is 3.33. The van der Waals surface area contributed by atoms with Crippen LogP contribution in [0.3, 0.4) is 0 Å². The minimum Gasteiger partial charge on any atom is -0.396 e. The standard InChI is InChI=1S/C22H26N4O2/c1-13-6-19(22(2,3)12-27)24-11-17(13)18-7-15-10-25-20(8-16(15)9-23-18)26-21(28)14-4-5-14/h6-11,14,19,24,27H,4-5,12H2,1-3H3,(H,25,26,28). The van der Waals surface area contributed by atoms with Crippen molar-refractivity contribution in [1.29, 1.82) is 0 Å². The Bertz CT molecular complexity index is 989. The van der Waals surface area contributed by atoms with E-state index in [9.17, 15) is 9.90 Å². The molecule has 2 aromatic heterocycles. The van der Waals surface area contributed by atoms with E-state index in [4.69, 9.17) is 0 Å². The normalized spacial score (nSPS) is 19.6. The third kappa shape index (κ3) is 3.64. The molecule has 6 nitrogen and oxygen atoms in total. The van der Waals surface area contributed by atoms with Gasteiger partial charge in [-0.15, -0.1) is 0 Å². The van der Waals surface area contributed by atoms with Crippen LogP contribution in [0.25, 0.3) is 16.3 Å². The molecule has 1 atom stereocenters. The van der Waals surface area contributed by atoms with Crippen molar-refractivity contribution in [2.75, 3.05) is 11.9 Å². The molecule has 0 saturated heterocycles. The Balaban J connectivity index is 1.56. The van der Waals surface area contributed by atoms with E-state index in [-0.39, 0.29) is 29.9 Å². The third-order valence-corrected chi connectivity index (χ3v) is 5.58. The van der Waals surface area contributed by atoms with Crippen LogP contribution in [0.4, 0.5) is 5.82 Å². The summed E-state index contributed by atoms with van der Waals surface area (Å²) in [5, 5.41) is 17.8. The number of rotatable bonds is 5. The Hall–Kier alpha value is -2.73. The first-order valence-electron chi connectivity index (χ1n) is 9.70. The van der Waals surface area contributed by atoms with Crippen molar-refractivity contribution in [1.82, 2.24) is 15.3 Å². The number of aromatic nitrogens is 2. The highest BCUT2D eigenvalue weighted by Crippen LogP contribution is 2.32. The Kier molecular flexibility index (Phi) is 4.67. The van der Waals surface area contributed by atoms with Gasteiger partial charge in [0.25, 0.3) is 0 Å². The number of allylic oxidation sites excluding steroid dienone is 2. The number of hydrogen-bond acceptors (Lipinski definition) is 5. The van der Waals surface area contributed by atoms with Crippen LogP contribution in [-0.2, 0) is 4.79 Å². The first-order chi connectivity index (χ1) is 13.4. The van der Waals surface area contributed by atoms with Gasteiger partial charge in [-0.05, 0) is 37.5 Å². The van der Waals surface area contributed by atoms with Crippen molar-refractivity contribution in [3.63, 3.8) is 0 Å². The lowest BCUT2D eigenvalue weighted by molar-refractivity contribution is -0.117. The molecule has 6 heteroatoms. The first kappa shape index (κ1) is 18.6. The van der Waals surface area contributed by atoms with E-state index in [0.29, 0.717) is 5.82 Å². The van der Waals surface area contributed by atoms with Crippen molar-refractivity contribution in [3.05, 3.63) is 48.1 Å². The number of dihydropyridines is 1. The molecule has 1 unspecified atom stereocenters. The van der Waals surface area contributed by atoms with Gasteiger partial charge in [0.2, 0.25) is 5.91 Å². The molecule has 0 spiro atoms. The number of anilines is 1. The predicted octanol–water partition coefficient (Wildman–Crippen LogP) is 3.26. The molecule has 1 amide bonds. The average molecular weight is 378 g/mol. The number of aliphatic hydroxyl groups is 1. The van der Waals surface area contributed by atoms with Crippen LogP contribution in [0.2, 0.25) is 0 Å². The number of hydrogen-bond donors (Lipinski definition) is 3. The second-order valence-electron chi connectivity index (χ2n) is 8.45. The Morgan fingerprint density at radius 2 is 1.96 bits per heavy atom. The zero-order valence-electron chi connectivity index (χ0n) is 16.5. The van der Waals surface area contributed by atoms with Gasteiger partial charge in [-0.2, -0.15) is 0 Å². The maximum Gasteiger partial charge on any atom is 0.228 e. The molecule has 2 aromatic rings. The van der Waals surface area contributed by atoms with E-state index in [1.165, 1.54) is 0 Å². The van der Waals surface area contributed by atoms with Gasteiger partial charge < -0.3 is 15.7 Å². The molecule has 3 N–H and O–H groups in total. The van der Waals surface area contributed by atoms with E-state index in [2.05, 4.69) is 33.6 Å². The van der Waals surface area contributed by atoms with Crippen molar-refractivity contribution < 1.29 is 9.90 Å². The molecule has 1 aliphatic carbocycles. The summed E-state index contributed by atoms with van der Waals surface area (Å²) in [6, 6.07) is 3.94. The summed E-state index contributed by atoms with van der Waals surface area (Å²) in [5.74, 6) is 0.775. The monoisotopic (exact) mass is 378 g/mol. The summed E-state index contributed by atoms with van der Waals surface area (Å²) >= 11 is 0. The summed E-state index contributed by atoms with van der Waals surface area (Å²) in [6.07, 6.45) is 9.65. The quantitative estimate of drug-likeness (QED) is 0.743. The van der Waals surface area contributed by atoms with Gasteiger partial charge in [0.05, 0.1) is 18.3 Å². The molecule has 3 heterocycles. The van der Waals surface area contributed by atoms with Crippen LogP contribution < -0.4 is 10.6 Å². The molecule has 4 rings (SSSR count). The molecule has 0 radical (unpaired) electrons. The third-order valence-electron chi connectivity index (χ3n) is 5.58. The number of nitrogens with one attached hydrogen (secondary N) is 2. The van der Waals surface area contributed by atoms with Crippen molar-refractivity contribution in [2.24, 2.45) is 11.3 Å². The first-order valence-corrected chi connectivity index (χ1v) is 9.70. The molecule has 146 valence electrons. The van der Waals surface area contributed by atoms with Crippen LogP contribution in [0.15, 0.2) is 42.4 Å². The summed E-state index contributed by atoms with van der Waals surface area (Å²) < 4.78 is 0. The largest absolute Gasteiger partial charge is 0.396 e.